The fourth-order valence-electron chi connectivity index (χ4n) is 3.71. The summed E-state index contributed by atoms with van der Waals surface area (Å²) in [5.41, 5.74) is 3.10. The van der Waals surface area contributed by atoms with Gasteiger partial charge >= 0.3 is 6.09 Å². The van der Waals surface area contributed by atoms with Crippen molar-refractivity contribution in [2.45, 2.75) is 19.5 Å². The van der Waals surface area contributed by atoms with Crippen molar-refractivity contribution in [1.82, 2.24) is 14.9 Å². The predicted molar refractivity (Wildman–Crippen MR) is 116 cm³/mol. The highest BCUT2D eigenvalue weighted by atomic mass is 16.4. The standard InChI is InChI=1S/C24H21N3O3/c1-16-26-21-13-12-17(15-25-24(29)30)14-20(21)23(28)27(16)22(18-8-4-2-5-9-18)19-10-6-3-7-11-19/h2-14,22,25H,15H2,1H3,(H,29,30). The van der Waals surface area contributed by atoms with Gasteiger partial charge in [0.25, 0.3) is 5.56 Å². The first-order valence-corrected chi connectivity index (χ1v) is 9.63. The van der Waals surface area contributed by atoms with Gasteiger partial charge in [-0.1, -0.05) is 66.7 Å². The lowest BCUT2D eigenvalue weighted by Gasteiger charge is -2.23. The minimum absolute atomic E-state index is 0.124. The van der Waals surface area contributed by atoms with Crippen molar-refractivity contribution in [1.29, 1.82) is 0 Å². The van der Waals surface area contributed by atoms with Crippen molar-refractivity contribution in [3.05, 3.63) is 112 Å². The number of hydrogen-bond acceptors (Lipinski definition) is 3. The number of amides is 1. The third kappa shape index (κ3) is 3.80. The maximum atomic E-state index is 13.6. The van der Waals surface area contributed by atoms with Gasteiger partial charge in [-0.2, -0.15) is 0 Å². The maximum absolute atomic E-state index is 13.6. The summed E-state index contributed by atoms with van der Waals surface area (Å²) in [6.45, 7) is 1.96. The number of carbonyl (C=O) groups is 1. The Morgan fingerprint density at radius 2 is 1.60 bits per heavy atom. The third-order valence-electron chi connectivity index (χ3n) is 5.07. The molecule has 150 valence electrons. The van der Waals surface area contributed by atoms with Crippen molar-refractivity contribution >= 4 is 17.0 Å². The molecule has 0 saturated carbocycles. The molecule has 30 heavy (non-hydrogen) atoms. The number of aryl methyl sites for hydroxylation is 1. The topological polar surface area (TPSA) is 84.2 Å². The first kappa shape index (κ1) is 19.4. The van der Waals surface area contributed by atoms with E-state index in [9.17, 15) is 9.59 Å². The number of hydrogen-bond donors (Lipinski definition) is 2. The van der Waals surface area contributed by atoms with Gasteiger partial charge in [0, 0.05) is 6.54 Å². The van der Waals surface area contributed by atoms with Crippen molar-refractivity contribution < 1.29 is 9.90 Å². The smallest absolute Gasteiger partial charge is 0.404 e. The molecule has 4 rings (SSSR count). The molecule has 2 N–H and O–H groups in total. The Morgan fingerprint density at radius 1 is 1.00 bits per heavy atom. The van der Waals surface area contributed by atoms with Gasteiger partial charge < -0.3 is 10.4 Å². The van der Waals surface area contributed by atoms with Gasteiger partial charge in [-0.15, -0.1) is 0 Å². The van der Waals surface area contributed by atoms with Crippen molar-refractivity contribution in [3.8, 4) is 0 Å². The molecule has 3 aromatic carbocycles. The molecule has 0 aliphatic carbocycles. The zero-order chi connectivity index (χ0) is 21.1. The Kier molecular flexibility index (Phi) is 5.30. The molecule has 1 aromatic heterocycles. The summed E-state index contributed by atoms with van der Waals surface area (Å²) in [6, 6.07) is 24.6. The average Bonchev–Trinajstić information content (AvgIpc) is 2.76. The van der Waals surface area contributed by atoms with Gasteiger partial charge in [-0.25, -0.2) is 9.78 Å². The van der Waals surface area contributed by atoms with Crippen LogP contribution >= 0.6 is 0 Å². The first-order valence-electron chi connectivity index (χ1n) is 9.63. The maximum Gasteiger partial charge on any atom is 0.404 e. The summed E-state index contributed by atoms with van der Waals surface area (Å²) in [6.07, 6.45) is -1.11. The van der Waals surface area contributed by atoms with Crippen LogP contribution in [0.15, 0.2) is 83.7 Å². The van der Waals surface area contributed by atoms with Gasteiger partial charge in [0.1, 0.15) is 5.82 Å². The van der Waals surface area contributed by atoms with Gasteiger partial charge in [0.15, 0.2) is 0 Å². The predicted octanol–water partition coefficient (Wildman–Crippen LogP) is 4.11. The summed E-state index contributed by atoms with van der Waals surface area (Å²) >= 11 is 0. The van der Waals surface area contributed by atoms with Crippen molar-refractivity contribution in [3.63, 3.8) is 0 Å². The van der Waals surface area contributed by atoms with Gasteiger partial charge in [-0.3, -0.25) is 9.36 Å². The molecule has 6 nitrogen and oxygen atoms in total. The van der Waals surface area contributed by atoms with Crippen LogP contribution in [0.25, 0.3) is 10.9 Å². The number of aromatic nitrogens is 2. The number of nitrogens with zero attached hydrogens (tertiary/aromatic N) is 2. The SMILES string of the molecule is Cc1nc2ccc(CNC(=O)O)cc2c(=O)n1C(c1ccccc1)c1ccccc1. The molecule has 0 aliphatic rings. The molecular formula is C24H21N3O3. The molecule has 4 aromatic rings. The summed E-state index contributed by atoms with van der Waals surface area (Å²) in [5.74, 6) is 0.613. The van der Waals surface area contributed by atoms with Crippen LogP contribution in [0.1, 0.15) is 28.6 Å². The summed E-state index contributed by atoms with van der Waals surface area (Å²) < 4.78 is 1.71. The molecule has 6 heteroatoms. The van der Waals surface area contributed by atoms with E-state index in [1.807, 2.05) is 67.6 Å². The molecular weight excluding hydrogens is 378 g/mol. The molecule has 0 saturated heterocycles. The lowest BCUT2D eigenvalue weighted by molar-refractivity contribution is 0.194. The largest absolute Gasteiger partial charge is 0.465 e. The number of nitrogens with one attached hydrogen (secondary N) is 1. The van der Waals surface area contributed by atoms with Gasteiger partial charge in [0.05, 0.1) is 16.9 Å². The van der Waals surface area contributed by atoms with E-state index in [4.69, 9.17) is 5.11 Å². The van der Waals surface area contributed by atoms with Gasteiger partial charge in [0.2, 0.25) is 0 Å². The molecule has 0 radical (unpaired) electrons. The molecule has 0 bridgehead atoms. The quantitative estimate of drug-likeness (QED) is 0.529. The van der Waals surface area contributed by atoms with Gasteiger partial charge in [-0.05, 0) is 35.7 Å². The lowest BCUT2D eigenvalue weighted by atomic mass is 9.98. The second-order valence-corrected chi connectivity index (χ2v) is 7.07. The minimum Gasteiger partial charge on any atom is -0.465 e. The molecule has 0 unspecified atom stereocenters. The van der Waals surface area contributed by atoms with Crippen LogP contribution in [-0.2, 0) is 6.54 Å². The van der Waals surface area contributed by atoms with E-state index in [1.54, 1.807) is 22.8 Å². The Labute approximate surface area is 173 Å². The second kappa shape index (κ2) is 8.21. The first-order chi connectivity index (χ1) is 14.5. The van der Waals surface area contributed by atoms with Crippen LogP contribution < -0.4 is 10.9 Å². The minimum atomic E-state index is -1.11. The third-order valence-corrected chi connectivity index (χ3v) is 5.07. The van der Waals surface area contributed by atoms with E-state index < -0.39 is 6.09 Å². The van der Waals surface area contributed by atoms with Crippen LogP contribution in [0.4, 0.5) is 4.79 Å². The van der Waals surface area contributed by atoms with E-state index >= 15 is 0 Å². The van der Waals surface area contributed by atoms with E-state index in [-0.39, 0.29) is 18.1 Å². The normalized spacial score (nSPS) is 11.0. The monoisotopic (exact) mass is 399 g/mol. The Bertz CT molecular complexity index is 1210. The van der Waals surface area contributed by atoms with Crippen LogP contribution in [-0.4, -0.2) is 20.8 Å². The van der Waals surface area contributed by atoms with E-state index in [0.717, 1.165) is 11.1 Å². The lowest BCUT2D eigenvalue weighted by Crippen LogP contribution is -2.29. The Balaban J connectivity index is 1.92. The second-order valence-electron chi connectivity index (χ2n) is 7.07. The van der Waals surface area contributed by atoms with Crippen molar-refractivity contribution in [2.24, 2.45) is 0 Å². The van der Waals surface area contributed by atoms with Crippen LogP contribution in [0.3, 0.4) is 0 Å². The number of benzene rings is 3. The molecule has 0 spiro atoms. The van der Waals surface area contributed by atoms with E-state index in [2.05, 4.69) is 10.3 Å². The molecule has 1 heterocycles. The number of fused-ring (bicyclic) bond motifs is 1. The highest BCUT2D eigenvalue weighted by Crippen LogP contribution is 2.27. The van der Waals surface area contributed by atoms with E-state index in [1.165, 1.54) is 0 Å². The number of carboxylic acid groups (broad SMARTS) is 1. The fraction of sp³-hybridized carbons (Fsp3) is 0.125. The summed E-state index contributed by atoms with van der Waals surface area (Å²) in [7, 11) is 0. The zero-order valence-corrected chi connectivity index (χ0v) is 16.4. The van der Waals surface area contributed by atoms with Crippen LogP contribution in [0, 0.1) is 6.92 Å². The van der Waals surface area contributed by atoms with Crippen LogP contribution in [0.2, 0.25) is 0 Å². The Morgan fingerprint density at radius 3 is 2.17 bits per heavy atom. The molecule has 0 fully saturated rings. The average molecular weight is 399 g/mol. The fourth-order valence-corrected chi connectivity index (χ4v) is 3.71. The van der Waals surface area contributed by atoms with Crippen LogP contribution in [0.5, 0.6) is 0 Å². The molecule has 1 amide bonds. The van der Waals surface area contributed by atoms with Crippen molar-refractivity contribution in [2.75, 3.05) is 0 Å². The summed E-state index contributed by atoms with van der Waals surface area (Å²) in [4.78, 5) is 29.1. The Hall–Kier alpha value is -3.93. The summed E-state index contributed by atoms with van der Waals surface area (Å²) in [5, 5.41) is 11.7. The van der Waals surface area contributed by atoms with E-state index in [0.29, 0.717) is 22.3 Å². The highest BCUT2D eigenvalue weighted by molar-refractivity contribution is 5.78. The number of rotatable bonds is 5. The highest BCUT2D eigenvalue weighted by Gasteiger charge is 2.21. The molecule has 0 aliphatic heterocycles. The molecule has 0 atom stereocenters. The zero-order valence-electron chi connectivity index (χ0n) is 16.4.